The van der Waals surface area contributed by atoms with E-state index in [2.05, 4.69) is 34.3 Å². The predicted molar refractivity (Wildman–Crippen MR) is 86.0 cm³/mol. The van der Waals surface area contributed by atoms with Crippen LogP contribution in [0.25, 0.3) is 0 Å². The van der Waals surface area contributed by atoms with Gasteiger partial charge in [0.05, 0.1) is 0 Å². The number of hydrogen-bond acceptors (Lipinski definition) is 3. The van der Waals surface area contributed by atoms with Crippen LogP contribution in [-0.2, 0) is 6.61 Å². The number of ether oxygens (including phenoxy) is 1. The van der Waals surface area contributed by atoms with Gasteiger partial charge < -0.3 is 4.74 Å². The molecule has 0 spiro atoms. The van der Waals surface area contributed by atoms with Gasteiger partial charge in [-0.25, -0.2) is 5.84 Å². The van der Waals surface area contributed by atoms with Crippen molar-refractivity contribution in [1.82, 2.24) is 5.43 Å². The molecular formula is C16H17BrN2O2. The van der Waals surface area contributed by atoms with Crippen molar-refractivity contribution in [1.29, 1.82) is 0 Å². The van der Waals surface area contributed by atoms with E-state index in [-0.39, 0.29) is 5.91 Å². The van der Waals surface area contributed by atoms with E-state index in [0.29, 0.717) is 12.2 Å². The number of nitrogens with two attached hydrogens (primary N) is 1. The quantitative estimate of drug-likeness (QED) is 0.506. The summed E-state index contributed by atoms with van der Waals surface area (Å²) in [4.78, 5) is 11.5. The minimum absolute atomic E-state index is 0.322. The molecule has 0 aliphatic heterocycles. The van der Waals surface area contributed by atoms with Crippen LogP contribution in [0.4, 0.5) is 0 Å². The Balaban J connectivity index is 2.13. The van der Waals surface area contributed by atoms with Crippen LogP contribution in [0.15, 0.2) is 40.9 Å². The molecule has 2 aromatic carbocycles. The van der Waals surface area contributed by atoms with Crippen molar-refractivity contribution >= 4 is 21.8 Å². The van der Waals surface area contributed by atoms with E-state index in [1.54, 1.807) is 12.1 Å². The summed E-state index contributed by atoms with van der Waals surface area (Å²) in [5.41, 5.74) is 5.90. The molecule has 110 valence electrons. The number of nitrogens with one attached hydrogen (secondary N) is 1. The van der Waals surface area contributed by atoms with E-state index >= 15 is 0 Å². The maximum Gasteiger partial charge on any atom is 0.265 e. The minimum Gasteiger partial charge on any atom is -0.489 e. The first-order chi connectivity index (χ1) is 10.0. The molecule has 0 atom stereocenters. The molecule has 2 aromatic rings. The smallest absolute Gasteiger partial charge is 0.265 e. The highest BCUT2D eigenvalue weighted by molar-refractivity contribution is 9.10. The average molecular weight is 349 g/mol. The molecule has 3 N–H and O–H groups in total. The lowest BCUT2D eigenvalue weighted by Gasteiger charge is -2.12. The lowest BCUT2D eigenvalue weighted by Crippen LogP contribution is -2.29. The third-order valence-electron chi connectivity index (χ3n) is 3.38. The second kappa shape index (κ2) is 6.74. The van der Waals surface area contributed by atoms with Crippen molar-refractivity contribution in [2.75, 3.05) is 0 Å². The van der Waals surface area contributed by atoms with Crippen molar-refractivity contribution in [3.8, 4) is 5.75 Å². The first kappa shape index (κ1) is 15.5. The summed E-state index contributed by atoms with van der Waals surface area (Å²) in [6.45, 7) is 4.52. The Morgan fingerprint density at radius 3 is 2.71 bits per heavy atom. The molecular weight excluding hydrogens is 332 g/mol. The summed E-state index contributed by atoms with van der Waals surface area (Å²) in [6, 6.07) is 11.3. The van der Waals surface area contributed by atoms with Crippen LogP contribution < -0.4 is 16.0 Å². The summed E-state index contributed by atoms with van der Waals surface area (Å²) in [5, 5.41) is 0. The summed E-state index contributed by atoms with van der Waals surface area (Å²) < 4.78 is 6.67. The fraction of sp³-hybridized carbons (Fsp3) is 0.188. The second-order valence-electron chi connectivity index (χ2n) is 4.77. The highest BCUT2D eigenvalue weighted by atomic mass is 79.9. The summed E-state index contributed by atoms with van der Waals surface area (Å²) in [6.07, 6.45) is 0. The fourth-order valence-corrected chi connectivity index (χ4v) is 2.42. The maximum absolute atomic E-state index is 11.5. The second-order valence-corrected chi connectivity index (χ2v) is 5.62. The number of hydrazine groups is 1. The van der Waals surface area contributed by atoms with Gasteiger partial charge in [0.1, 0.15) is 12.4 Å². The van der Waals surface area contributed by atoms with E-state index in [1.165, 1.54) is 5.56 Å². The van der Waals surface area contributed by atoms with E-state index < -0.39 is 0 Å². The van der Waals surface area contributed by atoms with Crippen LogP contribution in [0, 0.1) is 13.8 Å². The molecule has 0 aromatic heterocycles. The molecule has 0 saturated carbocycles. The van der Waals surface area contributed by atoms with Crippen molar-refractivity contribution < 1.29 is 9.53 Å². The van der Waals surface area contributed by atoms with E-state index in [0.717, 1.165) is 21.3 Å². The first-order valence-corrected chi connectivity index (χ1v) is 7.30. The number of amides is 1. The van der Waals surface area contributed by atoms with Crippen LogP contribution in [-0.4, -0.2) is 5.91 Å². The minimum atomic E-state index is -0.322. The standard InChI is InChI=1S/C16H17BrN2O2/c1-10-4-3-5-15(11(10)2)21-9-13-7-6-12(8-14(13)17)16(20)19-18/h3-8H,9,18H2,1-2H3,(H,19,20). The molecule has 1 amide bonds. The summed E-state index contributed by atoms with van der Waals surface area (Å²) in [7, 11) is 0. The SMILES string of the molecule is Cc1cccc(OCc2ccc(C(=O)NN)cc2Br)c1C. The Labute approximate surface area is 132 Å². The van der Waals surface area contributed by atoms with Gasteiger partial charge in [0.2, 0.25) is 0 Å². The molecule has 5 heteroatoms. The zero-order valence-corrected chi connectivity index (χ0v) is 13.5. The average Bonchev–Trinajstić information content (AvgIpc) is 2.49. The molecule has 4 nitrogen and oxygen atoms in total. The number of carbonyl (C=O) groups is 1. The van der Waals surface area contributed by atoms with Crippen LogP contribution in [0.2, 0.25) is 0 Å². The highest BCUT2D eigenvalue weighted by Crippen LogP contribution is 2.24. The maximum atomic E-state index is 11.5. The van der Waals surface area contributed by atoms with Gasteiger partial charge in [0, 0.05) is 15.6 Å². The lowest BCUT2D eigenvalue weighted by atomic mass is 10.1. The Morgan fingerprint density at radius 1 is 1.29 bits per heavy atom. The van der Waals surface area contributed by atoms with Gasteiger partial charge in [-0.1, -0.05) is 34.1 Å². The topological polar surface area (TPSA) is 64.3 Å². The van der Waals surface area contributed by atoms with E-state index in [1.807, 2.05) is 25.1 Å². The van der Waals surface area contributed by atoms with Crippen LogP contribution in [0.3, 0.4) is 0 Å². The Kier molecular flexibility index (Phi) is 4.98. The summed E-state index contributed by atoms with van der Waals surface area (Å²) >= 11 is 3.45. The van der Waals surface area contributed by atoms with Gasteiger partial charge in [-0.2, -0.15) is 0 Å². The lowest BCUT2D eigenvalue weighted by molar-refractivity contribution is 0.0953. The number of hydrogen-bond donors (Lipinski definition) is 2. The Bertz CT molecular complexity index is 671. The van der Waals surface area contributed by atoms with Crippen molar-refractivity contribution in [2.45, 2.75) is 20.5 Å². The molecule has 0 aliphatic carbocycles. The zero-order chi connectivity index (χ0) is 15.4. The predicted octanol–water partition coefficient (Wildman–Crippen LogP) is 3.25. The van der Waals surface area contributed by atoms with E-state index in [9.17, 15) is 4.79 Å². The molecule has 0 aliphatic rings. The van der Waals surface area contributed by atoms with Gasteiger partial charge in [-0.3, -0.25) is 10.2 Å². The van der Waals surface area contributed by atoms with Gasteiger partial charge >= 0.3 is 0 Å². The van der Waals surface area contributed by atoms with E-state index in [4.69, 9.17) is 10.6 Å². The van der Waals surface area contributed by atoms with Crippen molar-refractivity contribution in [3.05, 3.63) is 63.1 Å². The third-order valence-corrected chi connectivity index (χ3v) is 4.12. The number of carbonyl (C=O) groups excluding carboxylic acids is 1. The van der Waals surface area contributed by atoms with Crippen LogP contribution in [0.5, 0.6) is 5.75 Å². The number of nitrogen functional groups attached to an aromatic ring is 1. The summed E-state index contributed by atoms with van der Waals surface area (Å²) in [5.74, 6) is 5.66. The molecule has 0 saturated heterocycles. The van der Waals surface area contributed by atoms with Gasteiger partial charge in [0.25, 0.3) is 5.91 Å². The first-order valence-electron chi connectivity index (χ1n) is 6.51. The van der Waals surface area contributed by atoms with Gasteiger partial charge in [-0.15, -0.1) is 0 Å². The van der Waals surface area contributed by atoms with Crippen LogP contribution >= 0.6 is 15.9 Å². The highest BCUT2D eigenvalue weighted by Gasteiger charge is 2.08. The fourth-order valence-electron chi connectivity index (χ4n) is 1.92. The zero-order valence-electron chi connectivity index (χ0n) is 11.9. The van der Waals surface area contributed by atoms with Gasteiger partial charge in [-0.05, 0) is 43.2 Å². The van der Waals surface area contributed by atoms with Gasteiger partial charge in [0.15, 0.2) is 0 Å². The normalized spacial score (nSPS) is 10.3. The van der Waals surface area contributed by atoms with Crippen molar-refractivity contribution in [3.63, 3.8) is 0 Å². The monoisotopic (exact) mass is 348 g/mol. The number of halogens is 1. The molecule has 0 bridgehead atoms. The Hall–Kier alpha value is -1.85. The number of benzene rings is 2. The number of aryl methyl sites for hydroxylation is 1. The molecule has 0 unspecified atom stereocenters. The Morgan fingerprint density at radius 2 is 2.05 bits per heavy atom. The van der Waals surface area contributed by atoms with Crippen molar-refractivity contribution in [2.24, 2.45) is 5.84 Å². The molecule has 2 rings (SSSR count). The molecule has 21 heavy (non-hydrogen) atoms. The largest absolute Gasteiger partial charge is 0.489 e. The molecule has 0 fully saturated rings. The molecule has 0 heterocycles. The third kappa shape index (κ3) is 3.62. The van der Waals surface area contributed by atoms with Crippen LogP contribution in [0.1, 0.15) is 27.0 Å². The molecule has 0 radical (unpaired) electrons. The number of rotatable bonds is 4.